The van der Waals surface area contributed by atoms with Crippen LogP contribution < -0.4 is 0 Å². The number of halogens is 2. The van der Waals surface area contributed by atoms with Crippen LogP contribution in [0.1, 0.15) is 18.9 Å². The molecule has 0 spiro atoms. The Morgan fingerprint density at radius 1 is 1.41 bits per heavy atom. The lowest BCUT2D eigenvalue weighted by Crippen LogP contribution is -2.40. The van der Waals surface area contributed by atoms with Crippen molar-refractivity contribution in [1.82, 2.24) is 4.90 Å². The van der Waals surface area contributed by atoms with Gasteiger partial charge in [-0.1, -0.05) is 35.3 Å². The van der Waals surface area contributed by atoms with Gasteiger partial charge in [0.25, 0.3) is 0 Å². The van der Waals surface area contributed by atoms with Crippen LogP contribution in [0.5, 0.6) is 0 Å². The standard InChI is InChI=1S/C15H17Cl2NO3S/c1-2-18(12-8-9-22(20,21)10-12)14(19)7-6-11-4-3-5-13(16)15(11)17/h3-7,12H,2,8-10H2,1H3/b7-6+. The minimum Gasteiger partial charge on any atom is -0.335 e. The van der Waals surface area contributed by atoms with Crippen molar-refractivity contribution in [3.8, 4) is 0 Å². The van der Waals surface area contributed by atoms with E-state index in [1.807, 2.05) is 6.92 Å². The summed E-state index contributed by atoms with van der Waals surface area (Å²) in [4.78, 5) is 13.9. The summed E-state index contributed by atoms with van der Waals surface area (Å²) < 4.78 is 23.1. The highest BCUT2D eigenvalue weighted by Gasteiger charge is 2.33. The number of rotatable bonds is 4. The molecule has 1 aromatic rings. The monoisotopic (exact) mass is 361 g/mol. The third-order valence-electron chi connectivity index (χ3n) is 3.66. The van der Waals surface area contributed by atoms with Gasteiger partial charge in [-0.2, -0.15) is 0 Å². The number of hydrogen-bond donors (Lipinski definition) is 0. The lowest BCUT2D eigenvalue weighted by atomic mass is 10.2. The lowest BCUT2D eigenvalue weighted by molar-refractivity contribution is -0.127. The Morgan fingerprint density at radius 3 is 2.73 bits per heavy atom. The number of hydrogen-bond acceptors (Lipinski definition) is 3. The zero-order valence-corrected chi connectivity index (χ0v) is 14.5. The van der Waals surface area contributed by atoms with E-state index < -0.39 is 9.84 Å². The van der Waals surface area contributed by atoms with E-state index in [1.165, 1.54) is 6.08 Å². The van der Waals surface area contributed by atoms with Gasteiger partial charge in [-0.15, -0.1) is 0 Å². The highest BCUT2D eigenvalue weighted by atomic mass is 35.5. The van der Waals surface area contributed by atoms with Crippen LogP contribution in [0.15, 0.2) is 24.3 Å². The normalized spacial score (nSPS) is 20.4. The summed E-state index contributed by atoms with van der Waals surface area (Å²) in [5, 5.41) is 0.810. The number of nitrogens with zero attached hydrogens (tertiary/aromatic N) is 1. The van der Waals surface area contributed by atoms with Crippen molar-refractivity contribution in [1.29, 1.82) is 0 Å². The Morgan fingerprint density at radius 2 is 2.14 bits per heavy atom. The van der Waals surface area contributed by atoms with Crippen molar-refractivity contribution in [2.45, 2.75) is 19.4 Å². The molecular weight excluding hydrogens is 345 g/mol. The second-order valence-electron chi connectivity index (χ2n) is 5.16. The number of benzene rings is 1. The zero-order valence-electron chi connectivity index (χ0n) is 12.1. The molecule has 1 heterocycles. The van der Waals surface area contributed by atoms with Gasteiger partial charge in [0.1, 0.15) is 0 Å². The molecule has 2 rings (SSSR count). The van der Waals surface area contributed by atoms with E-state index in [-0.39, 0.29) is 23.5 Å². The Hall–Kier alpha value is -1.04. The van der Waals surface area contributed by atoms with Crippen molar-refractivity contribution >= 4 is 45.0 Å². The second kappa shape index (κ2) is 7.02. The molecule has 1 aliphatic rings. The first-order valence-electron chi connectivity index (χ1n) is 6.97. The van der Waals surface area contributed by atoms with Crippen LogP contribution in [-0.4, -0.2) is 43.3 Å². The second-order valence-corrected chi connectivity index (χ2v) is 8.17. The maximum atomic E-state index is 12.3. The average molecular weight is 362 g/mol. The van der Waals surface area contributed by atoms with Crippen molar-refractivity contribution in [2.24, 2.45) is 0 Å². The summed E-state index contributed by atoms with van der Waals surface area (Å²) >= 11 is 12.0. The molecular formula is C15H17Cl2NO3S. The third kappa shape index (κ3) is 4.03. The fourth-order valence-corrected chi connectivity index (χ4v) is 4.62. The van der Waals surface area contributed by atoms with Crippen molar-refractivity contribution < 1.29 is 13.2 Å². The predicted octanol–water partition coefficient (Wildman–Crippen LogP) is 3.04. The van der Waals surface area contributed by atoms with Gasteiger partial charge < -0.3 is 4.90 Å². The molecule has 1 aliphatic heterocycles. The Kier molecular flexibility index (Phi) is 5.53. The number of likely N-dealkylation sites (N-methyl/N-ethyl adjacent to an activating group) is 1. The van der Waals surface area contributed by atoms with Crippen LogP contribution in [0.25, 0.3) is 6.08 Å². The molecule has 4 nitrogen and oxygen atoms in total. The van der Waals surface area contributed by atoms with E-state index in [0.717, 1.165) is 0 Å². The number of sulfone groups is 1. The maximum absolute atomic E-state index is 12.3. The minimum atomic E-state index is -3.02. The smallest absolute Gasteiger partial charge is 0.246 e. The molecule has 1 amide bonds. The fraction of sp³-hybridized carbons (Fsp3) is 0.400. The summed E-state index contributed by atoms with van der Waals surface area (Å²) in [6.07, 6.45) is 3.50. The number of carbonyl (C=O) groups excluding carboxylic acids is 1. The topological polar surface area (TPSA) is 54.5 Å². The van der Waals surface area contributed by atoms with Crippen molar-refractivity contribution in [3.05, 3.63) is 39.9 Å². The average Bonchev–Trinajstić information content (AvgIpc) is 2.81. The zero-order chi connectivity index (χ0) is 16.3. The quantitative estimate of drug-likeness (QED) is 0.774. The summed E-state index contributed by atoms with van der Waals surface area (Å²) in [6, 6.07) is 4.93. The van der Waals surface area contributed by atoms with Gasteiger partial charge in [0, 0.05) is 18.7 Å². The molecule has 7 heteroatoms. The van der Waals surface area contributed by atoms with Crippen molar-refractivity contribution in [2.75, 3.05) is 18.1 Å². The van der Waals surface area contributed by atoms with Crippen molar-refractivity contribution in [3.63, 3.8) is 0 Å². The molecule has 22 heavy (non-hydrogen) atoms. The molecule has 1 unspecified atom stereocenters. The molecule has 0 aliphatic carbocycles. The largest absolute Gasteiger partial charge is 0.335 e. The fourth-order valence-electron chi connectivity index (χ4n) is 2.52. The van der Waals surface area contributed by atoms with Crippen LogP contribution in [-0.2, 0) is 14.6 Å². The SMILES string of the molecule is CCN(C(=O)/C=C/c1cccc(Cl)c1Cl)C1CCS(=O)(=O)C1. The summed E-state index contributed by atoms with van der Waals surface area (Å²) in [7, 11) is -3.02. The molecule has 0 aromatic heterocycles. The van der Waals surface area contributed by atoms with Crippen LogP contribution in [0, 0.1) is 0 Å². The molecule has 1 fully saturated rings. The first-order chi connectivity index (χ1) is 10.3. The van der Waals surface area contributed by atoms with Gasteiger partial charge in [0.05, 0.1) is 21.6 Å². The molecule has 0 radical (unpaired) electrons. The highest BCUT2D eigenvalue weighted by molar-refractivity contribution is 7.91. The van der Waals surface area contributed by atoms with E-state index in [2.05, 4.69) is 0 Å². The van der Waals surface area contributed by atoms with Gasteiger partial charge in [-0.25, -0.2) is 8.42 Å². The molecule has 1 saturated heterocycles. The van der Waals surface area contributed by atoms with Gasteiger partial charge in [0.2, 0.25) is 5.91 Å². The molecule has 120 valence electrons. The Bertz CT molecular complexity index is 701. The molecule has 0 bridgehead atoms. The van der Waals surface area contributed by atoms with E-state index in [9.17, 15) is 13.2 Å². The maximum Gasteiger partial charge on any atom is 0.246 e. The van der Waals surface area contributed by atoms with Crippen LogP contribution in [0.2, 0.25) is 10.0 Å². The van der Waals surface area contributed by atoms with Crippen LogP contribution in [0.3, 0.4) is 0 Å². The minimum absolute atomic E-state index is 0.0400. The number of amides is 1. The third-order valence-corrected chi connectivity index (χ3v) is 6.24. The van der Waals surface area contributed by atoms with Crippen LogP contribution >= 0.6 is 23.2 Å². The van der Waals surface area contributed by atoms with Gasteiger partial charge in [0.15, 0.2) is 9.84 Å². The first kappa shape index (κ1) is 17.3. The summed E-state index contributed by atoms with van der Waals surface area (Å²) in [5.74, 6) is -0.0375. The first-order valence-corrected chi connectivity index (χ1v) is 9.55. The van der Waals surface area contributed by atoms with E-state index in [1.54, 1.807) is 29.2 Å². The molecule has 0 saturated carbocycles. The van der Waals surface area contributed by atoms with E-state index in [4.69, 9.17) is 23.2 Å². The van der Waals surface area contributed by atoms with Gasteiger partial charge >= 0.3 is 0 Å². The van der Waals surface area contributed by atoms with Gasteiger partial charge in [-0.05, 0) is 31.1 Å². The molecule has 1 atom stereocenters. The lowest BCUT2D eigenvalue weighted by Gasteiger charge is -2.25. The highest BCUT2D eigenvalue weighted by Crippen LogP contribution is 2.26. The number of carbonyl (C=O) groups is 1. The Balaban J connectivity index is 2.13. The Labute approximate surface area is 140 Å². The van der Waals surface area contributed by atoms with Gasteiger partial charge in [-0.3, -0.25) is 4.79 Å². The predicted molar refractivity (Wildman–Crippen MR) is 89.9 cm³/mol. The van der Waals surface area contributed by atoms with Crippen LogP contribution in [0.4, 0.5) is 0 Å². The molecule has 1 aromatic carbocycles. The summed E-state index contributed by atoms with van der Waals surface area (Å²) in [5.41, 5.74) is 0.651. The van der Waals surface area contributed by atoms with E-state index >= 15 is 0 Å². The summed E-state index contributed by atoms with van der Waals surface area (Å²) in [6.45, 7) is 2.30. The molecule has 0 N–H and O–H groups in total. The van der Waals surface area contributed by atoms with E-state index in [0.29, 0.717) is 28.6 Å².